The van der Waals surface area contributed by atoms with Crippen LogP contribution in [-0.4, -0.2) is 12.1 Å². The molecule has 3 rings (SSSR count). The molecule has 0 atom stereocenters. The number of hydrogen-bond acceptors (Lipinski definition) is 3. The standard InChI is InChI=1S/C20H16Cl2N2O2/c1-13-2-4-14(5-3-13)10-20(25)24-23-12-16-7-9-19(26-16)17-11-15(21)6-8-18(17)22/h2-9,11-12H,10H2,1H3,(H,24,25)/b23-12-. The number of aryl methyl sites for hydroxylation is 1. The summed E-state index contributed by atoms with van der Waals surface area (Å²) in [6.07, 6.45) is 1.70. The normalized spacial score (nSPS) is 11.0. The van der Waals surface area contributed by atoms with Crippen molar-refractivity contribution in [3.8, 4) is 11.3 Å². The lowest BCUT2D eigenvalue weighted by Gasteiger charge is -2.01. The largest absolute Gasteiger partial charge is 0.455 e. The number of hydrazone groups is 1. The highest BCUT2D eigenvalue weighted by Gasteiger charge is 2.09. The van der Waals surface area contributed by atoms with Crippen molar-refractivity contribution in [3.05, 3.63) is 81.5 Å². The van der Waals surface area contributed by atoms with Gasteiger partial charge in [-0.05, 0) is 42.8 Å². The van der Waals surface area contributed by atoms with Crippen LogP contribution in [0, 0.1) is 6.92 Å². The first-order valence-electron chi connectivity index (χ1n) is 7.94. The molecule has 132 valence electrons. The molecule has 0 saturated heterocycles. The third-order valence-electron chi connectivity index (χ3n) is 3.69. The predicted molar refractivity (Wildman–Crippen MR) is 105 cm³/mol. The van der Waals surface area contributed by atoms with Gasteiger partial charge in [0, 0.05) is 10.6 Å². The molecule has 6 heteroatoms. The van der Waals surface area contributed by atoms with Crippen LogP contribution in [0.2, 0.25) is 10.0 Å². The molecule has 0 aliphatic rings. The minimum atomic E-state index is -0.199. The summed E-state index contributed by atoms with van der Waals surface area (Å²) in [6, 6.07) is 16.4. The summed E-state index contributed by atoms with van der Waals surface area (Å²) in [5.74, 6) is 0.867. The number of nitrogens with one attached hydrogen (secondary N) is 1. The number of benzene rings is 2. The van der Waals surface area contributed by atoms with E-state index in [4.69, 9.17) is 27.6 Å². The topological polar surface area (TPSA) is 54.6 Å². The van der Waals surface area contributed by atoms with E-state index >= 15 is 0 Å². The van der Waals surface area contributed by atoms with Gasteiger partial charge in [0.05, 0.1) is 17.7 Å². The summed E-state index contributed by atoms with van der Waals surface area (Å²) in [7, 11) is 0. The van der Waals surface area contributed by atoms with Crippen LogP contribution in [0.4, 0.5) is 0 Å². The van der Waals surface area contributed by atoms with Crippen LogP contribution in [-0.2, 0) is 11.2 Å². The van der Waals surface area contributed by atoms with Gasteiger partial charge in [0.25, 0.3) is 0 Å². The second kappa shape index (κ2) is 8.21. The van der Waals surface area contributed by atoms with Gasteiger partial charge in [0.2, 0.25) is 5.91 Å². The number of nitrogens with zero attached hydrogens (tertiary/aromatic N) is 1. The van der Waals surface area contributed by atoms with E-state index in [-0.39, 0.29) is 12.3 Å². The molecule has 1 heterocycles. The molecule has 4 nitrogen and oxygen atoms in total. The van der Waals surface area contributed by atoms with E-state index in [0.29, 0.717) is 27.1 Å². The number of hydrogen-bond donors (Lipinski definition) is 1. The minimum Gasteiger partial charge on any atom is -0.455 e. The minimum absolute atomic E-state index is 0.199. The van der Waals surface area contributed by atoms with Crippen LogP contribution in [0.25, 0.3) is 11.3 Å². The molecule has 0 unspecified atom stereocenters. The van der Waals surface area contributed by atoms with Crippen LogP contribution < -0.4 is 5.43 Å². The lowest BCUT2D eigenvalue weighted by atomic mass is 10.1. The van der Waals surface area contributed by atoms with Gasteiger partial charge < -0.3 is 4.42 Å². The van der Waals surface area contributed by atoms with E-state index in [9.17, 15) is 4.79 Å². The molecule has 0 radical (unpaired) electrons. The van der Waals surface area contributed by atoms with Crippen LogP contribution in [0.3, 0.4) is 0 Å². The molecular weight excluding hydrogens is 371 g/mol. The van der Waals surface area contributed by atoms with Crippen LogP contribution in [0.5, 0.6) is 0 Å². The molecule has 0 bridgehead atoms. The molecule has 26 heavy (non-hydrogen) atoms. The Morgan fingerprint density at radius 3 is 2.65 bits per heavy atom. The molecule has 0 aliphatic carbocycles. The molecule has 1 amide bonds. The van der Waals surface area contributed by atoms with Crippen molar-refractivity contribution < 1.29 is 9.21 Å². The monoisotopic (exact) mass is 386 g/mol. The predicted octanol–water partition coefficient (Wildman–Crippen LogP) is 5.25. The zero-order chi connectivity index (χ0) is 18.5. The van der Waals surface area contributed by atoms with Crippen LogP contribution >= 0.6 is 23.2 Å². The number of furan rings is 1. The summed E-state index contributed by atoms with van der Waals surface area (Å²) in [5, 5.41) is 5.03. The highest BCUT2D eigenvalue weighted by molar-refractivity contribution is 6.35. The lowest BCUT2D eigenvalue weighted by Crippen LogP contribution is -2.19. The summed E-state index contributed by atoms with van der Waals surface area (Å²) >= 11 is 12.2. The van der Waals surface area contributed by atoms with Crippen molar-refractivity contribution in [1.82, 2.24) is 5.43 Å². The van der Waals surface area contributed by atoms with Crippen molar-refractivity contribution in [1.29, 1.82) is 0 Å². The molecule has 0 fully saturated rings. The summed E-state index contributed by atoms with van der Waals surface area (Å²) in [4.78, 5) is 11.9. The summed E-state index contributed by atoms with van der Waals surface area (Å²) in [5.41, 5.74) is 5.27. The molecule has 1 N–H and O–H groups in total. The molecule has 1 aromatic heterocycles. The average Bonchev–Trinajstić information content (AvgIpc) is 3.08. The van der Waals surface area contributed by atoms with Gasteiger partial charge in [-0.15, -0.1) is 0 Å². The molecule has 0 saturated carbocycles. The first kappa shape index (κ1) is 18.2. The van der Waals surface area contributed by atoms with Gasteiger partial charge in [-0.25, -0.2) is 5.43 Å². The van der Waals surface area contributed by atoms with E-state index in [2.05, 4.69) is 10.5 Å². The van der Waals surface area contributed by atoms with E-state index in [1.54, 1.807) is 30.3 Å². The van der Waals surface area contributed by atoms with Crippen LogP contribution in [0.15, 0.2) is 64.1 Å². The smallest absolute Gasteiger partial charge is 0.244 e. The number of rotatable bonds is 5. The van der Waals surface area contributed by atoms with E-state index in [0.717, 1.165) is 11.1 Å². The SMILES string of the molecule is Cc1ccc(CC(=O)N/N=C\c2ccc(-c3cc(Cl)ccc3Cl)o2)cc1. The Balaban J connectivity index is 1.61. The number of carbonyl (C=O) groups is 1. The van der Waals surface area contributed by atoms with E-state index in [1.165, 1.54) is 6.21 Å². The highest BCUT2D eigenvalue weighted by Crippen LogP contribution is 2.31. The first-order chi connectivity index (χ1) is 12.5. The van der Waals surface area contributed by atoms with Gasteiger partial charge >= 0.3 is 0 Å². The maximum absolute atomic E-state index is 11.9. The quantitative estimate of drug-likeness (QED) is 0.480. The second-order valence-corrected chi connectivity index (χ2v) is 6.63. The molecular formula is C20H16Cl2N2O2. The Bertz CT molecular complexity index is 947. The maximum Gasteiger partial charge on any atom is 0.244 e. The van der Waals surface area contributed by atoms with Crippen molar-refractivity contribution in [2.24, 2.45) is 5.10 Å². The average molecular weight is 387 g/mol. The highest BCUT2D eigenvalue weighted by atomic mass is 35.5. The zero-order valence-corrected chi connectivity index (χ0v) is 15.5. The Morgan fingerprint density at radius 2 is 1.88 bits per heavy atom. The molecule has 3 aromatic rings. The Hall–Kier alpha value is -2.56. The number of amides is 1. The van der Waals surface area contributed by atoms with E-state index < -0.39 is 0 Å². The van der Waals surface area contributed by atoms with Gasteiger partial charge in [0.1, 0.15) is 11.5 Å². The molecule has 0 aliphatic heterocycles. The summed E-state index contributed by atoms with van der Waals surface area (Å²) < 4.78 is 5.68. The van der Waals surface area contributed by atoms with Gasteiger partial charge in [-0.3, -0.25) is 4.79 Å². The third kappa shape index (κ3) is 4.75. The van der Waals surface area contributed by atoms with Crippen molar-refractivity contribution in [2.45, 2.75) is 13.3 Å². The van der Waals surface area contributed by atoms with Gasteiger partial charge in [-0.1, -0.05) is 53.0 Å². The fraction of sp³-hybridized carbons (Fsp3) is 0.100. The molecule has 0 spiro atoms. The number of halogens is 2. The zero-order valence-electron chi connectivity index (χ0n) is 14.0. The first-order valence-corrected chi connectivity index (χ1v) is 8.69. The van der Waals surface area contributed by atoms with Crippen molar-refractivity contribution in [2.75, 3.05) is 0 Å². The van der Waals surface area contributed by atoms with Gasteiger partial charge in [-0.2, -0.15) is 5.10 Å². The van der Waals surface area contributed by atoms with E-state index in [1.807, 2.05) is 31.2 Å². The fourth-order valence-corrected chi connectivity index (χ4v) is 2.73. The molecule has 2 aromatic carbocycles. The van der Waals surface area contributed by atoms with Crippen molar-refractivity contribution >= 4 is 35.3 Å². The Morgan fingerprint density at radius 1 is 1.12 bits per heavy atom. The Kier molecular flexibility index (Phi) is 5.76. The van der Waals surface area contributed by atoms with Gasteiger partial charge in [0.15, 0.2) is 0 Å². The van der Waals surface area contributed by atoms with Crippen LogP contribution in [0.1, 0.15) is 16.9 Å². The maximum atomic E-state index is 11.9. The third-order valence-corrected chi connectivity index (χ3v) is 4.25. The fourth-order valence-electron chi connectivity index (χ4n) is 2.35. The lowest BCUT2D eigenvalue weighted by molar-refractivity contribution is -0.120. The Labute approximate surface area is 161 Å². The second-order valence-electron chi connectivity index (χ2n) is 5.78. The number of carbonyl (C=O) groups excluding carboxylic acids is 1. The summed E-state index contributed by atoms with van der Waals surface area (Å²) in [6.45, 7) is 2.00. The van der Waals surface area contributed by atoms with Crippen molar-refractivity contribution in [3.63, 3.8) is 0 Å².